The Morgan fingerprint density at radius 2 is 2.00 bits per heavy atom. The molecule has 24 heavy (non-hydrogen) atoms. The summed E-state index contributed by atoms with van der Waals surface area (Å²) in [5, 5.41) is 5.27. The highest BCUT2D eigenvalue weighted by Crippen LogP contribution is 2.18. The van der Waals surface area contributed by atoms with Crippen LogP contribution in [-0.2, 0) is 14.8 Å². The Morgan fingerprint density at radius 1 is 1.38 bits per heavy atom. The van der Waals surface area contributed by atoms with Crippen molar-refractivity contribution in [3.05, 3.63) is 6.07 Å². The quantitative estimate of drug-likeness (QED) is 0.720. The van der Waals surface area contributed by atoms with E-state index in [4.69, 9.17) is 14.2 Å². The molecular weight excluding hydrogens is 344 g/mol. The number of hydrogen-bond donors (Lipinski definition) is 1. The number of carbonyl (C=O) groups excluding carboxylic acids is 1. The van der Waals surface area contributed by atoms with Crippen LogP contribution in [0, 0.1) is 0 Å². The molecule has 0 aliphatic carbocycles. The van der Waals surface area contributed by atoms with Gasteiger partial charge in [0.15, 0.2) is 0 Å². The highest BCUT2D eigenvalue weighted by molar-refractivity contribution is 7.90. The highest BCUT2D eigenvalue weighted by atomic mass is 32.2. The van der Waals surface area contributed by atoms with Crippen LogP contribution in [0.2, 0.25) is 0 Å². The van der Waals surface area contributed by atoms with Crippen molar-refractivity contribution in [1.82, 2.24) is 14.9 Å². The summed E-state index contributed by atoms with van der Waals surface area (Å²) in [6.07, 6.45) is 0. The van der Waals surface area contributed by atoms with Gasteiger partial charge in [0.1, 0.15) is 0 Å². The smallest absolute Gasteiger partial charge is 0.367 e. The molecule has 0 spiro atoms. The molecule has 1 fully saturated rings. The van der Waals surface area contributed by atoms with Crippen molar-refractivity contribution in [2.24, 2.45) is 9.63 Å². The molecule has 1 aromatic rings. The third-order valence-electron chi connectivity index (χ3n) is 2.88. The zero-order valence-electron chi connectivity index (χ0n) is 13.2. The van der Waals surface area contributed by atoms with Gasteiger partial charge in [0.25, 0.3) is 0 Å². The molecule has 1 saturated heterocycles. The molecule has 132 valence electrons. The second-order valence-electron chi connectivity index (χ2n) is 4.56. The number of methoxy groups -OCH3 is 2. The molecule has 1 N–H and O–H groups in total. The van der Waals surface area contributed by atoms with Gasteiger partial charge in [-0.15, -0.1) is 0 Å². The van der Waals surface area contributed by atoms with Crippen LogP contribution in [-0.4, -0.2) is 69.3 Å². The SMILES string of the molecule is COc1cc(OC)nc(NC(=O)/N=N/S(=O)(=O)C2OCCN2C)n1. The standard InChI is InChI=1S/C11H16N6O6S/c1-17-4-5-23-11(17)24(19,20)16-15-10(18)14-9-12-7(21-2)6-8(13-9)22-3/h6,11H,4-5H2,1-3H3,(H,12,13,14,18)/b16-15+. The van der Waals surface area contributed by atoms with Crippen LogP contribution in [0.4, 0.5) is 10.7 Å². The monoisotopic (exact) mass is 360 g/mol. The molecule has 2 heterocycles. The molecule has 0 saturated carbocycles. The second-order valence-corrected chi connectivity index (χ2v) is 6.16. The summed E-state index contributed by atoms with van der Waals surface area (Å²) < 4.78 is 41.8. The van der Waals surface area contributed by atoms with Gasteiger partial charge in [-0.25, -0.2) is 4.79 Å². The summed E-state index contributed by atoms with van der Waals surface area (Å²) >= 11 is 0. The lowest BCUT2D eigenvalue weighted by Gasteiger charge is -2.13. The number of ether oxygens (including phenoxy) is 3. The zero-order valence-corrected chi connectivity index (χ0v) is 14.0. The van der Waals surface area contributed by atoms with Crippen LogP contribution in [0.3, 0.4) is 0 Å². The minimum Gasteiger partial charge on any atom is -0.481 e. The Kier molecular flexibility index (Phi) is 5.58. The first kappa shape index (κ1) is 18.0. The maximum atomic E-state index is 11.9. The van der Waals surface area contributed by atoms with E-state index in [1.165, 1.54) is 25.2 Å². The van der Waals surface area contributed by atoms with Crippen molar-refractivity contribution in [2.75, 3.05) is 39.7 Å². The summed E-state index contributed by atoms with van der Waals surface area (Å²) in [5.41, 5.74) is -1.26. The van der Waals surface area contributed by atoms with Gasteiger partial charge in [0.2, 0.25) is 23.3 Å². The fourth-order valence-electron chi connectivity index (χ4n) is 1.77. The van der Waals surface area contributed by atoms with Crippen molar-refractivity contribution in [2.45, 2.75) is 5.56 Å². The van der Waals surface area contributed by atoms with Crippen molar-refractivity contribution in [3.63, 3.8) is 0 Å². The first-order chi connectivity index (χ1) is 11.4. The van der Waals surface area contributed by atoms with Crippen LogP contribution >= 0.6 is 0 Å². The van der Waals surface area contributed by atoms with Crippen LogP contribution in [0.5, 0.6) is 11.8 Å². The van der Waals surface area contributed by atoms with Crippen LogP contribution < -0.4 is 14.8 Å². The number of likely N-dealkylation sites (N-methyl/N-ethyl adjacent to an activating group) is 1. The summed E-state index contributed by atoms with van der Waals surface area (Å²) in [7, 11) is 0.191. The summed E-state index contributed by atoms with van der Waals surface area (Å²) in [5.74, 6) is 0.104. The number of urea groups is 1. The minimum absolute atomic E-state index is 0.141. The Hall–Kier alpha value is -2.38. The van der Waals surface area contributed by atoms with Crippen molar-refractivity contribution in [3.8, 4) is 11.8 Å². The van der Waals surface area contributed by atoms with E-state index in [1.807, 2.05) is 0 Å². The van der Waals surface area contributed by atoms with Gasteiger partial charge in [-0.3, -0.25) is 10.2 Å². The highest BCUT2D eigenvalue weighted by Gasteiger charge is 2.34. The molecule has 0 aromatic carbocycles. The van der Waals surface area contributed by atoms with E-state index in [-0.39, 0.29) is 24.3 Å². The molecule has 13 heteroatoms. The van der Waals surface area contributed by atoms with Crippen molar-refractivity contribution < 1.29 is 27.4 Å². The molecule has 1 unspecified atom stereocenters. The number of nitrogens with zero attached hydrogens (tertiary/aromatic N) is 5. The topological polar surface area (TPSA) is 145 Å². The molecule has 2 rings (SSSR count). The van der Waals surface area contributed by atoms with E-state index < -0.39 is 21.6 Å². The third-order valence-corrected chi connectivity index (χ3v) is 4.20. The van der Waals surface area contributed by atoms with Crippen LogP contribution in [0.25, 0.3) is 0 Å². The Labute approximate surface area is 137 Å². The first-order valence-corrected chi connectivity index (χ1v) is 8.13. The number of sulfonamides is 1. The fraction of sp³-hybridized carbons (Fsp3) is 0.545. The maximum Gasteiger partial charge on any atom is 0.367 e. The molecule has 2 amide bonds. The predicted octanol–water partition coefficient (Wildman–Crippen LogP) is 0.0533. The van der Waals surface area contributed by atoms with Gasteiger partial charge in [-0.1, -0.05) is 9.63 Å². The number of nitrogens with one attached hydrogen (secondary N) is 1. The van der Waals surface area contributed by atoms with Crippen molar-refractivity contribution in [1.29, 1.82) is 0 Å². The van der Waals surface area contributed by atoms with Crippen LogP contribution in [0.1, 0.15) is 0 Å². The fourth-order valence-corrected chi connectivity index (χ4v) is 2.86. The Bertz CT molecular complexity index is 716. The predicted molar refractivity (Wildman–Crippen MR) is 80.3 cm³/mol. The maximum absolute atomic E-state index is 11.9. The molecule has 0 radical (unpaired) electrons. The molecule has 1 atom stereocenters. The molecular formula is C11H16N6O6S. The van der Waals surface area contributed by atoms with Gasteiger partial charge in [-0.2, -0.15) is 18.4 Å². The largest absolute Gasteiger partial charge is 0.481 e. The Balaban J connectivity index is 2.07. The lowest BCUT2D eigenvalue weighted by molar-refractivity contribution is 0.112. The summed E-state index contributed by atoms with van der Waals surface area (Å²) in [6.45, 7) is 0.683. The van der Waals surface area contributed by atoms with Gasteiger partial charge >= 0.3 is 16.1 Å². The number of carbonyl (C=O) groups is 1. The summed E-state index contributed by atoms with van der Waals surface area (Å²) in [4.78, 5) is 20.8. The molecule has 1 aliphatic rings. The first-order valence-electron chi connectivity index (χ1n) is 6.62. The lowest BCUT2D eigenvalue weighted by atomic mass is 10.6. The average molecular weight is 360 g/mol. The van der Waals surface area contributed by atoms with Crippen LogP contribution in [0.15, 0.2) is 15.7 Å². The molecule has 12 nitrogen and oxygen atoms in total. The van der Waals surface area contributed by atoms with E-state index >= 15 is 0 Å². The normalized spacial score (nSPS) is 18.7. The van der Waals surface area contributed by atoms with E-state index in [2.05, 4.69) is 24.9 Å². The van der Waals surface area contributed by atoms with E-state index in [9.17, 15) is 13.2 Å². The zero-order chi connectivity index (χ0) is 17.7. The number of anilines is 1. The van der Waals surface area contributed by atoms with Gasteiger partial charge in [-0.05, 0) is 7.05 Å². The second kappa shape index (κ2) is 7.46. The lowest BCUT2D eigenvalue weighted by Crippen LogP contribution is -2.32. The third kappa shape index (κ3) is 4.33. The summed E-state index contributed by atoms with van der Waals surface area (Å²) in [6, 6.07) is 0.323. The molecule has 1 aromatic heterocycles. The van der Waals surface area contributed by atoms with E-state index in [1.54, 1.807) is 7.05 Å². The number of amides is 2. The number of aromatic nitrogens is 2. The Morgan fingerprint density at radius 3 is 2.50 bits per heavy atom. The minimum atomic E-state index is -4.11. The molecule has 0 bridgehead atoms. The van der Waals surface area contributed by atoms with Crippen molar-refractivity contribution >= 4 is 22.0 Å². The van der Waals surface area contributed by atoms with Gasteiger partial charge < -0.3 is 14.2 Å². The van der Waals surface area contributed by atoms with E-state index in [0.29, 0.717) is 6.54 Å². The van der Waals surface area contributed by atoms with Gasteiger partial charge in [0, 0.05) is 6.54 Å². The average Bonchev–Trinajstić information content (AvgIpc) is 2.99. The molecule has 1 aliphatic heterocycles. The number of rotatable bonds is 5. The number of hydrogen-bond acceptors (Lipinski definition) is 9. The van der Waals surface area contributed by atoms with Gasteiger partial charge in [0.05, 0.1) is 26.9 Å². The van der Waals surface area contributed by atoms with E-state index in [0.717, 1.165) is 0 Å².